The van der Waals surface area contributed by atoms with Crippen LogP contribution >= 0.6 is 11.8 Å². The van der Waals surface area contributed by atoms with Crippen molar-refractivity contribution in [2.45, 2.75) is 25.9 Å². The van der Waals surface area contributed by atoms with Gasteiger partial charge in [0, 0.05) is 30.1 Å². The molecule has 0 aromatic rings. The maximum absolute atomic E-state index is 12.5. The summed E-state index contributed by atoms with van der Waals surface area (Å²) < 4.78 is 5.34. The van der Waals surface area contributed by atoms with Gasteiger partial charge in [-0.2, -0.15) is 11.8 Å². The Bertz CT molecular complexity index is 287. The number of nitrogens with two attached hydrogens (primary N) is 1. The van der Waals surface area contributed by atoms with Crippen LogP contribution in [0.2, 0.25) is 0 Å². The van der Waals surface area contributed by atoms with Gasteiger partial charge in [-0.15, -0.1) is 0 Å². The van der Waals surface area contributed by atoms with Crippen molar-refractivity contribution in [1.82, 2.24) is 4.90 Å². The lowest BCUT2D eigenvalue weighted by Crippen LogP contribution is -2.55. The van der Waals surface area contributed by atoms with Gasteiger partial charge in [0.1, 0.15) is 0 Å². The second kappa shape index (κ2) is 4.55. The van der Waals surface area contributed by atoms with Crippen LogP contribution in [0.25, 0.3) is 0 Å². The summed E-state index contributed by atoms with van der Waals surface area (Å²) in [6, 6.07) is 0.151. The third-order valence-corrected chi connectivity index (χ3v) is 4.82. The normalized spacial score (nSPS) is 40.1. The van der Waals surface area contributed by atoms with E-state index in [4.69, 9.17) is 10.5 Å². The number of carbonyl (C=O) groups is 1. The molecule has 3 unspecified atom stereocenters. The molecule has 2 aliphatic heterocycles. The molecule has 92 valence electrons. The molecule has 0 aromatic heterocycles. The Balaban J connectivity index is 2.11. The second-order valence-corrected chi connectivity index (χ2v) is 6.11. The summed E-state index contributed by atoms with van der Waals surface area (Å²) in [5.41, 5.74) is 5.47. The molecule has 5 heteroatoms. The molecule has 2 heterocycles. The minimum atomic E-state index is -0.518. The number of carbonyl (C=O) groups excluding carboxylic acids is 1. The van der Waals surface area contributed by atoms with Crippen LogP contribution in [0.1, 0.15) is 13.8 Å². The summed E-state index contributed by atoms with van der Waals surface area (Å²) >= 11 is 1.91. The maximum Gasteiger partial charge on any atom is 0.232 e. The number of nitrogens with zero attached hydrogens (tertiary/aromatic N) is 1. The van der Waals surface area contributed by atoms with Gasteiger partial charge in [0.25, 0.3) is 0 Å². The minimum Gasteiger partial charge on any atom is -0.379 e. The fraction of sp³-hybridized carbons (Fsp3) is 0.909. The monoisotopic (exact) mass is 244 g/mol. The van der Waals surface area contributed by atoms with Gasteiger partial charge in [-0.1, -0.05) is 0 Å². The first-order chi connectivity index (χ1) is 7.55. The average molecular weight is 244 g/mol. The first-order valence-corrected chi connectivity index (χ1v) is 6.93. The Morgan fingerprint density at radius 2 is 2.38 bits per heavy atom. The van der Waals surface area contributed by atoms with Crippen LogP contribution in [0.3, 0.4) is 0 Å². The maximum atomic E-state index is 12.5. The predicted octanol–water partition coefficient (Wildman–Crippen LogP) is 0.314. The first-order valence-electron chi connectivity index (χ1n) is 5.78. The quantitative estimate of drug-likeness (QED) is 0.721. The van der Waals surface area contributed by atoms with Crippen molar-refractivity contribution >= 4 is 17.7 Å². The highest BCUT2D eigenvalue weighted by atomic mass is 32.2. The van der Waals surface area contributed by atoms with Crippen molar-refractivity contribution in [3.8, 4) is 0 Å². The largest absolute Gasteiger partial charge is 0.379 e. The van der Waals surface area contributed by atoms with Gasteiger partial charge in [-0.25, -0.2) is 0 Å². The summed E-state index contributed by atoms with van der Waals surface area (Å²) in [5.74, 6) is 2.23. The zero-order valence-corrected chi connectivity index (χ0v) is 10.8. The van der Waals surface area contributed by atoms with E-state index in [1.807, 2.05) is 23.6 Å². The SMILES string of the molecule is CC1CSCCN1C(=O)C1(C)COCC1N. The van der Waals surface area contributed by atoms with Crippen LogP contribution in [0.5, 0.6) is 0 Å². The highest BCUT2D eigenvalue weighted by Gasteiger charge is 2.47. The number of rotatable bonds is 1. The fourth-order valence-corrected chi connectivity index (χ4v) is 3.28. The van der Waals surface area contributed by atoms with Gasteiger partial charge in [-0.3, -0.25) is 4.79 Å². The fourth-order valence-electron chi connectivity index (χ4n) is 2.27. The highest BCUT2D eigenvalue weighted by Crippen LogP contribution is 2.31. The molecule has 3 atom stereocenters. The molecule has 2 fully saturated rings. The molecule has 0 bridgehead atoms. The molecule has 0 spiro atoms. The molecule has 0 radical (unpaired) electrons. The molecule has 2 aliphatic rings. The summed E-state index contributed by atoms with van der Waals surface area (Å²) in [4.78, 5) is 14.5. The third-order valence-electron chi connectivity index (χ3n) is 3.63. The molecule has 2 N–H and O–H groups in total. The van der Waals surface area contributed by atoms with E-state index in [0.29, 0.717) is 19.3 Å². The van der Waals surface area contributed by atoms with Gasteiger partial charge >= 0.3 is 0 Å². The summed E-state index contributed by atoms with van der Waals surface area (Å²) in [5, 5.41) is 0. The smallest absolute Gasteiger partial charge is 0.232 e. The molecule has 4 nitrogen and oxygen atoms in total. The standard InChI is InChI=1S/C11H20N2O2S/c1-8-6-16-4-3-13(8)10(14)11(2)7-15-5-9(11)12/h8-9H,3-7,12H2,1-2H3. The molecule has 0 saturated carbocycles. The van der Waals surface area contributed by atoms with Gasteiger partial charge in [0.2, 0.25) is 5.91 Å². The van der Waals surface area contributed by atoms with Crippen LogP contribution in [0.4, 0.5) is 0 Å². The topological polar surface area (TPSA) is 55.6 Å². The molecule has 16 heavy (non-hydrogen) atoms. The molecule has 0 aliphatic carbocycles. The van der Waals surface area contributed by atoms with Gasteiger partial charge in [0.15, 0.2) is 0 Å². The molecule has 0 aromatic carbocycles. The Morgan fingerprint density at radius 1 is 1.62 bits per heavy atom. The van der Waals surface area contributed by atoms with Gasteiger partial charge in [-0.05, 0) is 13.8 Å². The van der Waals surface area contributed by atoms with Crippen LogP contribution < -0.4 is 5.73 Å². The number of hydrogen-bond donors (Lipinski definition) is 1. The molecule has 1 amide bonds. The van der Waals surface area contributed by atoms with Crippen LogP contribution in [-0.4, -0.2) is 54.2 Å². The predicted molar refractivity (Wildman–Crippen MR) is 65.4 cm³/mol. The van der Waals surface area contributed by atoms with Crippen LogP contribution in [0, 0.1) is 5.41 Å². The first kappa shape index (κ1) is 12.2. The molecular weight excluding hydrogens is 224 g/mol. The van der Waals surface area contributed by atoms with E-state index in [2.05, 4.69) is 6.92 Å². The third kappa shape index (κ3) is 1.96. The molecule has 2 saturated heterocycles. The van der Waals surface area contributed by atoms with Crippen molar-refractivity contribution < 1.29 is 9.53 Å². The van der Waals surface area contributed by atoms with E-state index in [1.54, 1.807) is 0 Å². The van der Waals surface area contributed by atoms with Crippen molar-refractivity contribution in [3.63, 3.8) is 0 Å². The van der Waals surface area contributed by atoms with Crippen molar-refractivity contribution in [1.29, 1.82) is 0 Å². The summed E-state index contributed by atoms with van der Waals surface area (Å²) in [7, 11) is 0. The van der Waals surface area contributed by atoms with E-state index in [9.17, 15) is 4.79 Å². The lowest BCUT2D eigenvalue weighted by molar-refractivity contribution is -0.143. The second-order valence-electron chi connectivity index (χ2n) is 4.96. The van der Waals surface area contributed by atoms with E-state index in [0.717, 1.165) is 18.1 Å². The zero-order valence-electron chi connectivity index (χ0n) is 9.94. The average Bonchev–Trinajstić information content (AvgIpc) is 2.60. The number of ether oxygens (including phenoxy) is 1. The Hall–Kier alpha value is -0.260. The van der Waals surface area contributed by atoms with Gasteiger partial charge in [0.05, 0.1) is 18.6 Å². The van der Waals surface area contributed by atoms with Gasteiger partial charge < -0.3 is 15.4 Å². The Kier molecular flexibility index (Phi) is 3.47. The minimum absolute atomic E-state index is 0.165. The van der Waals surface area contributed by atoms with Crippen LogP contribution in [-0.2, 0) is 9.53 Å². The number of hydrogen-bond acceptors (Lipinski definition) is 4. The Morgan fingerprint density at radius 3 is 2.94 bits per heavy atom. The number of thioether (sulfide) groups is 1. The zero-order chi connectivity index (χ0) is 11.8. The molecule has 2 rings (SSSR count). The highest BCUT2D eigenvalue weighted by molar-refractivity contribution is 7.99. The molecular formula is C11H20N2O2S. The lowest BCUT2D eigenvalue weighted by Gasteiger charge is -2.39. The van der Waals surface area contributed by atoms with E-state index in [1.165, 1.54) is 0 Å². The van der Waals surface area contributed by atoms with Crippen molar-refractivity contribution in [2.75, 3.05) is 31.3 Å². The Labute approximate surface area is 101 Å². The van der Waals surface area contributed by atoms with E-state index in [-0.39, 0.29) is 11.9 Å². The van der Waals surface area contributed by atoms with Crippen molar-refractivity contribution in [2.24, 2.45) is 11.1 Å². The summed E-state index contributed by atoms with van der Waals surface area (Å²) in [6.07, 6.45) is 0. The van der Waals surface area contributed by atoms with Crippen LogP contribution in [0.15, 0.2) is 0 Å². The van der Waals surface area contributed by atoms with E-state index >= 15 is 0 Å². The lowest BCUT2D eigenvalue weighted by atomic mass is 9.84. The summed E-state index contributed by atoms with van der Waals surface area (Å²) in [6.45, 7) is 5.84. The van der Waals surface area contributed by atoms with E-state index < -0.39 is 5.41 Å². The van der Waals surface area contributed by atoms with Crippen molar-refractivity contribution in [3.05, 3.63) is 0 Å². The number of amides is 1.